The van der Waals surface area contributed by atoms with Crippen LogP contribution in [0.25, 0.3) is 45.4 Å². The zero-order chi connectivity index (χ0) is 24.8. The van der Waals surface area contributed by atoms with E-state index in [0.29, 0.717) is 0 Å². The van der Waals surface area contributed by atoms with E-state index in [1.165, 1.54) is 60.8 Å². The molecule has 3 aromatic carbocycles. The van der Waals surface area contributed by atoms with Gasteiger partial charge < -0.3 is 13.6 Å². The maximum absolute atomic E-state index is 6.67. The van der Waals surface area contributed by atoms with Crippen LogP contribution in [-0.4, -0.2) is 7.41 Å². The van der Waals surface area contributed by atoms with Crippen LogP contribution in [0.1, 0.15) is 40.9 Å². The molecule has 4 heterocycles. The van der Waals surface area contributed by atoms with Crippen LogP contribution in [0, 0.1) is 20.8 Å². The second-order valence-corrected chi connectivity index (χ2v) is 10.8. The van der Waals surface area contributed by atoms with Gasteiger partial charge in [-0.2, -0.15) is 0 Å². The highest BCUT2D eigenvalue weighted by atomic mass is 16.3. The van der Waals surface area contributed by atoms with Gasteiger partial charge in [0.25, 0.3) is 0 Å². The molecule has 3 aliphatic rings. The lowest BCUT2D eigenvalue weighted by molar-refractivity contribution is 0.548. The lowest BCUT2D eigenvalue weighted by Crippen LogP contribution is -2.35. The molecule has 0 amide bonds. The van der Waals surface area contributed by atoms with Crippen molar-refractivity contribution in [1.29, 1.82) is 0 Å². The van der Waals surface area contributed by atoms with Gasteiger partial charge in [0.2, 0.25) is 0 Å². The predicted molar refractivity (Wildman–Crippen MR) is 152 cm³/mol. The molecule has 0 spiro atoms. The van der Waals surface area contributed by atoms with Gasteiger partial charge in [-0.1, -0.05) is 48.0 Å². The van der Waals surface area contributed by atoms with E-state index in [4.69, 9.17) is 8.83 Å². The van der Waals surface area contributed by atoms with E-state index in [-0.39, 0.29) is 0 Å². The summed E-state index contributed by atoms with van der Waals surface area (Å²) in [6.07, 6.45) is 8.43. The van der Waals surface area contributed by atoms with Crippen LogP contribution in [0.4, 0.5) is 11.4 Å². The summed E-state index contributed by atoms with van der Waals surface area (Å²) in [6.45, 7) is 6.58. The van der Waals surface area contributed by atoms with Crippen molar-refractivity contribution < 1.29 is 8.83 Å². The Labute approximate surface area is 217 Å². The van der Waals surface area contributed by atoms with Gasteiger partial charge in [-0.3, -0.25) is 0 Å². The molecular weight excluding hydrogens is 453 g/mol. The maximum Gasteiger partial charge on any atom is 0.339 e. The monoisotopic (exact) mass is 480 g/mol. The first kappa shape index (κ1) is 21.2. The number of furan rings is 2. The number of nitrogens with zero attached hydrogens (tertiary/aromatic N) is 1. The van der Waals surface area contributed by atoms with E-state index in [9.17, 15) is 0 Å². The molecule has 3 nitrogen and oxygen atoms in total. The highest BCUT2D eigenvalue weighted by Crippen LogP contribution is 2.51. The summed E-state index contributed by atoms with van der Waals surface area (Å²) < 4.78 is 13.3. The van der Waals surface area contributed by atoms with Crippen LogP contribution in [0.15, 0.2) is 57.4 Å². The number of hydrogen-bond donors (Lipinski definition) is 0. The first-order valence-corrected chi connectivity index (χ1v) is 13.3. The van der Waals surface area contributed by atoms with Gasteiger partial charge in [0.1, 0.15) is 16.8 Å². The second-order valence-electron chi connectivity index (χ2n) is 10.8. The van der Waals surface area contributed by atoms with Gasteiger partial charge in [-0.25, -0.2) is 0 Å². The standard InChI is InChI=1S/C33H27BNO2/c1-18-11-12-21-13-14-28-32-31-23(8-6-10-27(31)36-28)29-20(3)15-19(2)17-25(29)35(32)34-33-30(24(21)16-18)22-7-4-5-9-26(22)37-33/h6-12,15-17H,4-5,13-14H2,1-3H3. The van der Waals surface area contributed by atoms with Crippen molar-refractivity contribution in [1.82, 2.24) is 0 Å². The van der Waals surface area contributed by atoms with Crippen molar-refractivity contribution in [3.05, 3.63) is 87.2 Å². The zero-order valence-corrected chi connectivity index (χ0v) is 21.4. The van der Waals surface area contributed by atoms with E-state index < -0.39 is 0 Å². The zero-order valence-electron chi connectivity index (χ0n) is 21.4. The largest absolute Gasteiger partial charge is 0.469 e. The molecule has 179 valence electrons. The van der Waals surface area contributed by atoms with Gasteiger partial charge >= 0.3 is 7.41 Å². The summed E-state index contributed by atoms with van der Waals surface area (Å²) in [5, 5.41) is 2.44. The quantitative estimate of drug-likeness (QED) is 0.250. The molecule has 0 unspecified atom stereocenters. The van der Waals surface area contributed by atoms with E-state index in [1.807, 2.05) is 0 Å². The molecule has 0 bridgehead atoms. The maximum atomic E-state index is 6.67. The van der Waals surface area contributed by atoms with Crippen LogP contribution in [0.5, 0.6) is 0 Å². The fraction of sp³-hybridized carbons (Fsp3) is 0.212. The average Bonchev–Trinajstić information content (AvgIpc) is 3.44. The van der Waals surface area contributed by atoms with Crippen molar-refractivity contribution in [3.8, 4) is 22.3 Å². The predicted octanol–water partition coefficient (Wildman–Crippen LogP) is 6.13. The molecule has 2 aromatic heterocycles. The number of hydrogen-bond acceptors (Lipinski definition) is 3. The third-order valence-electron chi connectivity index (χ3n) is 8.24. The molecule has 0 saturated carbocycles. The fourth-order valence-corrected chi connectivity index (χ4v) is 6.71. The van der Waals surface area contributed by atoms with Gasteiger partial charge in [0.05, 0.1) is 16.7 Å². The Morgan fingerprint density at radius 3 is 2.62 bits per heavy atom. The van der Waals surface area contributed by atoms with Crippen LogP contribution >= 0.6 is 0 Å². The van der Waals surface area contributed by atoms with Crippen LogP contribution in [-0.2, 0) is 12.8 Å². The van der Waals surface area contributed by atoms with E-state index in [0.717, 1.165) is 53.8 Å². The number of fused-ring (bicyclic) bond motifs is 8. The Morgan fingerprint density at radius 1 is 0.811 bits per heavy atom. The van der Waals surface area contributed by atoms with Crippen molar-refractivity contribution in [3.63, 3.8) is 0 Å². The molecular formula is C33H27BNO2. The summed E-state index contributed by atoms with van der Waals surface area (Å²) in [5.74, 6) is 1.04. The summed E-state index contributed by atoms with van der Waals surface area (Å²) in [5.41, 5.74) is 15.4. The van der Waals surface area contributed by atoms with E-state index in [1.54, 1.807) is 0 Å². The van der Waals surface area contributed by atoms with Gasteiger partial charge in [-0.15, -0.1) is 0 Å². The summed E-state index contributed by atoms with van der Waals surface area (Å²) in [6, 6.07) is 17.9. The first-order valence-electron chi connectivity index (χ1n) is 13.3. The molecule has 0 fully saturated rings. The van der Waals surface area contributed by atoms with Crippen LogP contribution in [0.2, 0.25) is 0 Å². The van der Waals surface area contributed by atoms with E-state index >= 15 is 0 Å². The number of aryl methyl sites for hydroxylation is 5. The van der Waals surface area contributed by atoms with Crippen molar-refractivity contribution in [2.24, 2.45) is 0 Å². The van der Waals surface area contributed by atoms with Gasteiger partial charge in [0, 0.05) is 28.5 Å². The Bertz CT molecular complexity index is 1910. The van der Waals surface area contributed by atoms with Gasteiger partial charge in [0.15, 0.2) is 0 Å². The topological polar surface area (TPSA) is 29.5 Å². The Balaban J connectivity index is 1.50. The van der Waals surface area contributed by atoms with E-state index in [2.05, 4.69) is 93.7 Å². The highest BCUT2D eigenvalue weighted by molar-refractivity contribution is 6.61. The third kappa shape index (κ3) is 2.96. The molecule has 5 aromatic rings. The van der Waals surface area contributed by atoms with Gasteiger partial charge in [-0.05, 0) is 86.1 Å². The van der Waals surface area contributed by atoms with Crippen LogP contribution in [0.3, 0.4) is 0 Å². The molecule has 2 aliphatic heterocycles. The average molecular weight is 480 g/mol. The molecule has 1 aliphatic carbocycles. The smallest absolute Gasteiger partial charge is 0.339 e. The fourth-order valence-electron chi connectivity index (χ4n) is 6.71. The molecule has 0 N–H and O–H groups in total. The molecule has 0 saturated heterocycles. The number of anilines is 2. The summed E-state index contributed by atoms with van der Waals surface area (Å²) in [4.78, 5) is 2.36. The Hall–Kier alpha value is -3.92. The normalized spacial score (nSPS) is 15.1. The Kier molecular flexibility index (Phi) is 4.32. The molecule has 1 radical (unpaired) electrons. The minimum absolute atomic E-state index is 0.842. The minimum Gasteiger partial charge on any atom is -0.469 e. The van der Waals surface area contributed by atoms with Crippen LogP contribution < -0.4 is 21.1 Å². The highest BCUT2D eigenvalue weighted by Gasteiger charge is 2.34. The first-order chi connectivity index (χ1) is 18.1. The van der Waals surface area contributed by atoms with Crippen molar-refractivity contribution in [2.75, 3.05) is 4.81 Å². The van der Waals surface area contributed by atoms with Crippen molar-refractivity contribution in [2.45, 2.75) is 46.5 Å². The molecule has 8 rings (SSSR count). The lowest BCUT2D eigenvalue weighted by Gasteiger charge is -2.33. The number of rotatable bonds is 0. The lowest BCUT2D eigenvalue weighted by atomic mass is 9.75. The third-order valence-corrected chi connectivity index (χ3v) is 8.24. The molecule has 4 heteroatoms. The SMILES string of the molecule is Cc1ccc2c(c1)-c1c(oc3c1=CCCC=3)[B]N1c3cc(C)cc(C)c3-c3cccc4oc(c1c34)CC2. The second kappa shape index (κ2) is 7.55. The minimum atomic E-state index is 0.842. The molecule has 0 atom stereocenters. The van der Waals surface area contributed by atoms with Crippen molar-refractivity contribution >= 4 is 47.6 Å². The summed E-state index contributed by atoms with van der Waals surface area (Å²) in [7, 11) is 2.23. The Morgan fingerprint density at radius 2 is 1.70 bits per heavy atom. The number of benzene rings is 3. The summed E-state index contributed by atoms with van der Waals surface area (Å²) >= 11 is 0. The molecule has 37 heavy (non-hydrogen) atoms.